The van der Waals surface area contributed by atoms with E-state index in [2.05, 4.69) is 15.2 Å². The molecule has 2 rings (SSSR count). The Labute approximate surface area is 123 Å². The molecule has 120 valence electrons. The maximum atomic E-state index is 14.4. The second-order valence-corrected chi connectivity index (χ2v) is 8.50. The van der Waals surface area contributed by atoms with Crippen LogP contribution >= 0.6 is 15.2 Å². The Bertz CT molecular complexity index is 734. The number of nitrogens with one attached hydrogen (secondary N) is 1. The van der Waals surface area contributed by atoms with Crippen LogP contribution in [0.15, 0.2) is 30.9 Å². The van der Waals surface area contributed by atoms with Crippen LogP contribution in [0.1, 0.15) is 5.56 Å². The van der Waals surface area contributed by atoms with Crippen molar-refractivity contribution >= 4 is 15.2 Å². The Hall–Kier alpha value is -1.41. The summed E-state index contributed by atoms with van der Waals surface area (Å²) in [6.45, 7) is 0. The van der Waals surface area contributed by atoms with Crippen LogP contribution in [0, 0.1) is 0 Å². The molecule has 2 aromatic heterocycles. The third kappa shape index (κ3) is 3.17. The van der Waals surface area contributed by atoms with Crippen molar-refractivity contribution in [2.24, 2.45) is 0 Å². The molecular weight excluding hydrogens is 339 g/mol. The van der Waals surface area contributed by atoms with Crippen LogP contribution in [0.4, 0.5) is 4.39 Å². The predicted octanol–water partition coefficient (Wildman–Crippen LogP) is 0.993. The molecule has 12 heteroatoms. The molecule has 0 radical (unpaired) electrons. The Morgan fingerprint density at radius 2 is 1.73 bits per heavy atom. The van der Waals surface area contributed by atoms with Gasteiger partial charge in [-0.1, -0.05) is 0 Å². The van der Waals surface area contributed by atoms with Crippen LogP contribution in [-0.4, -0.2) is 39.9 Å². The number of halogens is 1. The zero-order chi connectivity index (χ0) is 16.6. The van der Waals surface area contributed by atoms with Gasteiger partial charge in [0.2, 0.25) is 0 Å². The second-order valence-electron chi connectivity index (χ2n) is 4.55. The quantitative estimate of drug-likeness (QED) is 0.499. The Kier molecular flexibility index (Phi) is 4.36. The summed E-state index contributed by atoms with van der Waals surface area (Å²) in [7, 11) is -11.5. The van der Waals surface area contributed by atoms with E-state index >= 15 is 0 Å². The first-order valence-corrected chi connectivity index (χ1v) is 9.00. The lowest BCUT2D eigenvalue weighted by Gasteiger charge is -2.26. The molecule has 2 aromatic rings. The SMILES string of the molecule is O=P(O)(O)C(F)(Cc1cncc(-c2cn[nH]c2)c1)P(=O)(O)O. The normalized spacial score (nSPS) is 13.3. The monoisotopic (exact) mass is 351 g/mol. The fourth-order valence-corrected chi connectivity index (χ4v) is 3.92. The lowest BCUT2D eigenvalue weighted by atomic mass is 10.1. The number of pyridine rings is 1. The molecule has 0 aliphatic heterocycles. The molecule has 2 heterocycles. The summed E-state index contributed by atoms with van der Waals surface area (Å²) in [4.78, 5) is 39.8. The van der Waals surface area contributed by atoms with Crippen LogP contribution in [0.25, 0.3) is 11.1 Å². The van der Waals surface area contributed by atoms with E-state index in [0.717, 1.165) is 6.20 Å². The number of aromatic amines is 1. The van der Waals surface area contributed by atoms with Crippen molar-refractivity contribution in [3.8, 4) is 11.1 Å². The highest BCUT2D eigenvalue weighted by Gasteiger charge is 2.61. The van der Waals surface area contributed by atoms with Crippen molar-refractivity contribution in [2.75, 3.05) is 0 Å². The molecule has 0 fully saturated rings. The smallest absolute Gasteiger partial charge is 0.322 e. The molecule has 22 heavy (non-hydrogen) atoms. The van der Waals surface area contributed by atoms with Gasteiger partial charge in [-0.15, -0.1) is 0 Å². The molecule has 0 unspecified atom stereocenters. The molecular formula is C10H12FN3O6P2. The van der Waals surface area contributed by atoms with E-state index in [9.17, 15) is 13.5 Å². The molecule has 0 amide bonds. The lowest BCUT2D eigenvalue weighted by Crippen LogP contribution is -2.26. The zero-order valence-electron chi connectivity index (χ0n) is 10.9. The van der Waals surface area contributed by atoms with Crippen molar-refractivity contribution in [1.29, 1.82) is 0 Å². The summed E-state index contributed by atoms with van der Waals surface area (Å²) >= 11 is 0. The number of rotatable bonds is 5. The topological polar surface area (TPSA) is 157 Å². The number of hydrogen-bond acceptors (Lipinski definition) is 4. The average Bonchev–Trinajstić information content (AvgIpc) is 2.90. The van der Waals surface area contributed by atoms with Gasteiger partial charge in [0.1, 0.15) is 0 Å². The van der Waals surface area contributed by atoms with Gasteiger partial charge in [-0.25, -0.2) is 4.39 Å². The highest BCUT2D eigenvalue weighted by Crippen LogP contribution is 2.71. The molecule has 0 aromatic carbocycles. The van der Waals surface area contributed by atoms with Gasteiger partial charge in [0.15, 0.2) is 0 Å². The first-order valence-electron chi connectivity index (χ1n) is 5.78. The average molecular weight is 351 g/mol. The van der Waals surface area contributed by atoms with Gasteiger partial charge in [-0.05, 0) is 11.6 Å². The van der Waals surface area contributed by atoms with Crippen LogP contribution in [-0.2, 0) is 15.6 Å². The standard InChI is InChI=1S/C10H12FN3O6P2/c11-10(21(15,16)17,22(18,19)20)2-7-1-8(4-12-3-7)9-5-13-14-6-9/h1,3-6H,2H2,(H,13,14)(H2,15,16,17)(H2,18,19,20). The summed E-state index contributed by atoms with van der Waals surface area (Å²) in [5.74, 6) is 0. The van der Waals surface area contributed by atoms with Gasteiger partial charge in [-0.2, -0.15) is 5.10 Å². The van der Waals surface area contributed by atoms with Gasteiger partial charge < -0.3 is 19.6 Å². The molecule has 0 aliphatic rings. The second kappa shape index (κ2) is 5.66. The minimum atomic E-state index is -5.73. The van der Waals surface area contributed by atoms with Crippen molar-refractivity contribution in [3.05, 3.63) is 36.4 Å². The fourth-order valence-electron chi connectivity index (χ4n) is 1.79. The number of H-pyrrole nitrogens is 1. The van der Waals surface area contributed by atoms with Gasteiger partial charge in [0.05, 0.1) is 6.20 Å². The van der Waals surface area contributed by atoms with Gasteiger partial charge in [0, 0.05) is 36.1 Å². The summed E-state index contributed by atoms with van der Waals surface area (Å²) in [6.07, 6.45) is 4.23. The van der Waals surface area contributed by atoms with E-state index in [-0.39, 0.29) is 5.56 Å². The Balaban J connectivity index is 2.43. The molecule has 0 spiro atoms. The summed E-state index contributed by atoms with van der Waals surface area (Å²) in [5, 5.41) is 2.25. The number of alkyl halides is 1. The van der Waals surface area contributed by atoms with Crippen molar-refractivity contribution < 1.29 is 33.1 Å². The summed E-state index contributed by atoms with van der Waals surface area (Å²) in [5.41, 5.74) is 0.948. The van der Waals surface area contributed by atoms with E-state index in [1.807, 2.05) is 0 Å². The number of nitrogens with zero attached hydrogens (tertiary/aromatic N) is 2. The largest absolute Gasteiger partial charge is 0.375 e. The van der Waals surface area contributed by atoms with Crippen LogP contribution in [0.3, 0.4) is 0 Å². The van der Waals surface area contributed by atoms with Gasteiger partial charge in [-0.3, -0.25) is 19.2 Å². The van der Waals surface area contributed by atoms with E-state index in [4.69, 9.17) is 19.6 Å². The predicted molar refractivity (Wildman–Crippen MR) is 73.4 cm³/mol. The highest BCUT2D eigenvalue weighted by atomic mass is 31.2. The van der Waals surface area contributed by atoms with Crippen LogP contribution in [0.5, 0.6) is 0 Å². The maximum absolute atomic E-state index is 14.4. The van der Waals surface area contributed by atoms with E-state index in [1.165, 1.54) is 24.7 Å². The molecule has 0 aliphatic carbocycles. The van der Waals surface area contributed by atoms with E-state index in [1.54, 1.807) is 0 Å². The maximum Gasteiger partial charge on any atom is 0.375 e. The van der Waals surface area contributed by atoms with E-state index in [0.29, 0.717) is 11.1 Å². The van der Waals surface area contributed by atoms with Crippen molar-refractivity contribution in [1.82, 2.24) is 15.2 Å². The molecule has 0 saturated heterocycles. The third-order valence-electron chi connectivity index (χ3n) is 2.95. The highest BCUT2D eigenvalue weighted by molar-refractivity contribution is 7.72. The Morgan fingerprint density at radius 1 is 1.09 bits per heavy atom. The first kappa shape index (κ1) is 17.0. The van der Waals surface area contributed by atoms with Crippen LogP contribution in [0.2, 0.25) is 0 Å². The van der Waals surface area contributed by atoms with Gasteiger partial charge in [0.25, 0.3) is 0 Å². The van der Waals surface area contributed by atoms with Gasteiger partial charge >= 0.3 is 20.3 Å². The molecule has 9 nitrogen and oxygen atoms in total. The summed E-state index contributed by atoms with van der Waals surface area (Å²) in [6, 6.07) is 1.32. The third-order valence-corrected chi connectivity index (χ3v) is 6.61. The lowest BCUT2D eigenvalue weighted by molar-refractivity contribution is 0.222. The number of aromatic nitrogens is 3. The fraction of sp³-hybridized carbons (Fsp3) is 0.200. The van der Waals surface area contributed by atoms with E-state index < -0.39 is 26.8 Å². The molecule has 0 bridgehead atoms. The Morgan fingerprint density at radius 3 is 2.23 bits per heavy atom. The minimum Gasteiger partial charge on any atom is -0.322 e. The molecule has 0 atom stereocenters. The minimum absolute atomic E-state index is 0.0761. The zero-order valence-corrected chi connectivity index (χ0v) is 12.7. The van der Waals surface area contributed by atoms with Crippen LogP contribution < -0.4 is 0 Å². The molecule has 5 N–H and O–H groups in total. The first-order chi connectivity index (χ1) is 10.0. The number of hydrogen-bond donors (Lipinski definition) is 5. The van der Waals surface area contributed by atoms with Crippen molar-refractivity contribution in [3.63, 3.8) is 0 Å². The molecule has 0 saturated carbocycles. The van der Waals surface area contributed by atoms with Crippen molar-refractivity contribution in [2.45, 2.75) is 11.6 Å². The summed E-state index contributed by atoms with van der Waals surface area (Å²) < 4.78 is 36.8.